The van der Waals surface area contributed by atoms with Crippen molar-refractivity contribution in [3.8, 4) is 0 Å². The zero-order chi connectivity index (χ0) is 15.5. The maximum Gasteiger partial charge on any atom is 0.325 e. The largest absolute Gasteiger partial charge is 0.468 e. The van der Waals surface area contributed by atoms with E-state index in [0.717, 1.165) is 20.1 Å². The third kappa shape index (κ3) is 3.64. The fraction of sp³-hybridized carbons (Fsp3) is 0.273. The van der Waals surface area contributed by atoms with Gasteiger partial charge in [0.25, 0.3) is 0 Å². The smallest absolute Gasteiger partial charge is 0.325 e. The van der Waals surface area contributed by atoms with Gasteiger partial charge < -0.3 is 10.5 Å². The average molecular weight is 320 g/mol. The molecule has 0 aliphatic rings. The number of thiocarbonyl (C=S) groups is 1. The molecule has 0 aromatic heterocycles. The van der Waals surface area contributed by atoms with E-state index in [1.165, 1.54) is 12.1 Å². The van der Waals surface area contributed by atoms with Gasteiger partial charge in [0.1, 0.15) is 10.8 Å². The van der Waals surface area contributed by atoms with Gasteiger partial charge in [-0.15, -0.1) is 0 Å². The summed E-state index contributed by atoms with van der Waals surface area (Å²) in [5, 5.41) is -1.47. The van der Waals surface area contributed by atoms with Crippen LogP contribution in [0.1, 0.15) is 12.5 Å². The number of ether oxygens (including phenoxy) is 1. The van der Waals surface area contributed by atoms with E-state index in [4.69, 9.17) is 5.73 Å². The molecular formula is C11H13FN2O4S2. The molecule has 0 saturated heterocycles. The van der Waals surface area contributed by atoms with Crippen molar-refractivity contribution in [2.75, 3.05) is 11.8 Å². The lowest BCUT2D eigenvalue weighted by molar-refractivity contribution is -0.139. The Hall–Kier alpha value is -1.74. The fourth-order valence-corrected chi connectivity index (χ4v) is 2.41. The van der Waals surface area contributed by atoms with Gasteiger partial charge in [0, 0.05) is 5.56 Å². The molecule has 9 heteroatoms. The van der Waals surface area contributed by atoms with Crippen LogP contribution in [-0.2, 0) is 19.6 Å². The van der Waals surface area contributed by atoms with Crippen LogP contribution < -0.4 is 10.5 Å². The number of hydrogen-bond donors (Lipinski definition) is 2. The van der Waals surface area contributed by atoms with Crippen molar-refractivity contribution in [1.29, 1.82) is 0 Å². The number of methoxy groups -OCH3 is 1. The summed E-state index contributed by atoms with van der Waals surface area (Å²) in [6, 6.07) is 3.54. The molecule has 110 valence electrons. The molecule has 20 heavy (non-hydrogen) atoms. The molecule has 1 rings (SSSR count). The summed E-state index contributed by atoms with van der Waals surface area (Å²) in [7, 11) is -3.05. The average Bonchev–Trinajstić information content (AvgIpc) is 2.38. The first-order valence-corrected chi connectivity index (χ1v) is 7.33. The van der Waals surface area contributed by atoms with E-state index in [0.29, 0.717) is 0 Å². The van der Waals surface area contributed by atoms with E-state index in [-0.39, 0.29) is 16.2 Å². The number of carbonyl (C=O) groups excluding carboxylic acids is 1. The number of esters is 1. The third-order valence-electron chi connectivity index (χ3n) is 2.50. The van der Waals surface area contributed by atoms with Crippen LogP contribution in [0.4, 0.5) is 10.1 Å². The van der Waals surface area contributed by atoms with E-state index < -0.39 is 27.1 Å². The van der Waals surface area contributed by atoms with Gasteiger partial charge in [-0.2, -0.15) is 0 Å². The number of sulfonamides is 1. The molecule has 0 amide bonds. The summed E-state index contributed by atoms with van der Waals surface area (Å²) in [6.07, 6.45) is 0. The van der Waals surface area contributed by atoms with Gasteiger partial charge >= 0.3 is 5.97 Å². The molecule has 1 atom stereocenters. The highest BCUT2D eigenvalue weighted by Gasteiger charge is 2.29. The first-order chi connectivity index (χ1) is 9.19. The Labute approximate surface area is 121 Å². The third-order valence-corrected chi connectivity index (χ3v) is 4.37. The summed E-state index contributed by atoms with van der Waals surface area (Å²) < 4.78 is 43.7. The van der Waals surface area contributed by atoms with Gasteiger partial charge in [-0.25, -0.2) is 12.8 Å². The van der Waals surface area contributed by atoms with Gasteiger partial charge in [0.05, 0.1) is 12.8 Å². The van der Waals surface area contributed by atoms with Crippen LogP contribution in [-0.4, -0.2) is 31.7 Å². The predicted octanol–water partition coefficient (Wildman–Crippen LogP) is 0.763. The van der Waals surface area contributed by atoms with Crippen molar-refractivity contribution in [3.63, 3.8) is 0 Å². The van der Waals surface area contributed by atoms with Gasteiger partial charge in [-0.05, 0) is 25.1 Å². The second-order valence-electron chi connectivity index (χ2n) is 3.87. The lowest BCUT2D eigenvalue weighted by Gasteiger charge is -2.13. The van der Waals surface area contributed by atoms with Crippen molar-refractivity contribution in [2.45, 2.75) is 12.2 Å². The number of carbonyl (C=O) groups is 1. The Morgan fingerprint density at radius 3 is 2.55 bits per heavy atom. The highest BCUT2D eigenvalue weighted by Crippen LogP contribution is 2.19. The second kappa shape index (κ2) is 6.14. The molecule has 3 N–H and O–H groups in total. The van der Waals surface area contributed by atoms with Crippen molar-refractivity contribution in [2.24, 2.45) is 5.73 Å². The van der Waals surface area contributed by atoms with Crippen molar-refractivity contribution in [1.82, 2.24) is 0 Å². The molecule has 0 fully saturated rings. The first kappa shape index (κ1) is 16.3. The van der Waals surface area contributed by atoms with E-state index in [1.54, 1.807) is 0 Å². The maximum absolute atomic E-state index is 13.7. The van der Waals surface area contributed by atoms with Gasteiger partial charge in [-0.1, -0.05) is 12.2 Å². The molecule has 0 spiro atoms. The lowest BCUT2D eigenvalue weighted by atomic mass is 10.2. The zero-order valence-corrected chi connectivity index (χ0v) is 12.3. The summed E-state index contributed by atoms with van der Waals surface area (Å²) in [4.78, 5) is 11.2. The molecule has 0 heterocycles. The van der Waals surface area contributed by atoms with E-state index in [2.05, 4.69) is 17.0 Å². The Morgan fingerprint density at radius 2 is 2.10 bits per heavy atom. The van der Waals surface area contributed by atoms with Crippen LogP contribution >= 0.6 is 12.2 Å². The van der Waals surface area contributed by atoms with E-state index >= 15 is 0 Å². The molecule has 0 aliphatic heterocycles. The van der Waals surface area contributed by atoms with Crippen LogP contribution in [0.25, 0.3) is 0 Å². The minimum Gasteiger partial charge on any atom is -0.468 e. The molecule has 1 aromatic rings. The Morgan fingerprint density at radius 1 is 1.50 bits per heavy atom. The normalized spacial score (nSPS) is 12.6. The molecule has 6 nitrogen and oxygen atoms in total. The first-order valence-electron chi connectivity index (χ1n) is 5.38. The summed E-state index contributed by atoms with van der Waals surface area (Å²) >= 11 is 4.68. The summed E-state index contributed by atoms with van der Waals surface area (Å²) in [5.74, 6) is -1.80. The highest BCUT2D eigenvalue weighted by molar-refractivity contribution is 7.94. The van der Waals surface area contributed by atoms with E-state index in [1.807, 2.05) is 4.72 Å². The van der Waals surface area contributed by atoms with Crippen LogP contribution in [0.3, 0.4) is 0 Å². The van der Waals surface area contributed by atoms with Crippen molar-refractivity contribution < 1.29 is 22.3 Å². The quantitative estimate of drug-likeness (QED) is 0.614. The topological polar surface area (TPSA) is 98.5 Å². The van der Waals surface area contributed by atoms with E-state index in [9.17, 15) is 17.6 Å². The lowest BCUT2D eigenvalue weighted by Crippen LogP contribution is -2.33. The summed E-state index contributed by atoms with van der Waals surface area (Å²) in [6.45, 7) is 1.13. The molecule has 1 aromatic carbocycles. The number of anilines is 1. The van der Waals surface area contributed by atoms with Crippen LogP contribution in [0.5, 0.6) is 0 Å². The molecule has 0 saturated carbocycles. The Bertz CT molecular complexity index is 646. The van der Waals surface area contributed by atoms with Crippen LogP contribution in [0.2, 0.25) is 0 Å². The van der Waals surface area contributed by atoms with Gasteiger partial charge in [-0.3, -0.25) is 9.52 Å². The van der Waals surface area contributed by atoms with Crippen LogP contribution in [0, 0.1) is 5.82 Å². The standard InChI is InChI=1S/C11H13FN2O4S2/c1-6(11(15)18-2)20(16,17)14-9-4-3-7(10(13)19)5-8(9)12/h3-6,14H,1-2H3,(H2,13,19). The number of hydrogen-bond acceptors (Lipinski definition) is 5. The maximum atomic E-state index is 13.7. The number of nitrogens with one attached hydrogen (secondary N) is 1. The number of halogens is 1. The molecule has 1 unspecified atom stereocenters. The zero-order valence-electron chi connectivity index (χ0n) is 10.7. The molecular weight excluding hydrogens is 307 g/mol. The molecule has 0 radical (unpaired) electrons. The summed E-state index contributed by atoms with van der Waals surface area (Å²) in [5.41, 5.74) is 5.29. The van der Waals surface area contributed by atoms with Crippen molar-refractivity contribution >= 4 is 38.9 Å². The Kier molecular flexibility index (Phi) is 5.01. The van der Waals surface area contributed by atoms with Crippen LogP contribution in [0.15, 0.2) is 18.2 Å². The van der Waals surface area contributed by atoms with Crippen molar-refractivity contribution in [3.05, 3.63) is 29.6 Å². The van der Waals surface area contributed by atoms with Gasteiger partial charge in [0.15, 0.2) is 5.25 Å². The number of nitrogens with two attached hydrogens (primary N) is 1. The molecule has 0 aliphatic carbocycles. The van der Waals surface area contributed by atoms with Gasteiger partial charge in [0.2, 0.25) is 10.0 Å². The number of rotatable bonds is 5. The minimum atomic E-state index is -4.11. The number of benzene rings is 1. The Balaban J connectivity index is 3.04. The highest BCUT2D eigenvalue weighted by atomic mass is 32.2. The second-order valence-corrected chi connectivity index (χ2v) is 6.31. The predicted molar refractivity (Wildman–Crippen MR) is 76.3 cm³/mol. The molecule has 0 bridgehead atoms. The monoisotopic (exact) mass is 320 g/mol. The SMILES string of the molecule is COC(=O)C(C)S(=O)(=O)Nc1ccc(C(N)=S)cc1F. The minimum absolute atomic E-state index is 0.0127. The fourth-order valence-electron chi connectivity index (χ4n) is 1.29.